The van der Waals surface area contributed by atoms with Crippen LogP contribution in [0.5, 0.6) is 5.75 Å². The topological polar surface area (TPSA) is 96.0 Å². The van der Waals surface area contributed by atoms with Crippen LogP contribution in [-0.4, -0.2) is 57.1 Å². The Kier molecular flexibility index (Phi) is 10.9. The van der Waals surface area contributed by atoms with Gasteiger partial charge in [0.25, 0.3) is 0 Å². The van der Waals surface area contributed by atoms with Gasteiger partial charge in [-0.2, -0.15) is 0 Å². The molecule has 0 bridgehead atoms. The third-order valence-electron chi connectivity index (χ3n) is 5.37. The van der Waals surface area contributed by atoms with E-state index in [-0.39, 0.29) is 31.3 Å². The largest absolute Gasteiger partial charge is 0.494 e. The van der Waals surface area contributed by atoms with Crippen molar-refractivity contribution in [2.75, 3.05) is 30.3 Å². The first-order chi connectivity index (χ1) is 16.6. The molecule has 0 unspecified atom stereocenters. The summed E-state index contributed by atoms with van der Waals surface area (Å²) in [5.41, 5.74) is 1.34. The first-order valence-corrected chi connectivity index (χ1v) is 13.8. The number of nitrogens with zero attached hydrogens (tertiary/aromatic N) is 2. The molecule has 0 radical (unpaired) electrons. The highest BCUT2D eigenvalue weighted by Crippen LogP contribution is 2.23. The smallest absolute Gasteiger partial charge is 0.242 e. The summed E-state index contributed by atoms with van der Waals surface area (Å²) in [5.74, 6) is 0.165. The Morgan fingerprint density at radius 3 is 2.23 bits per heavy atom. The molecular weight excluding hydrogens is 490 g/mol. The van der Waals surface area contributed by atoms with Crippen molar-refractivity contribution in [3.05, 3.63) is 59.1 Å². The first kappa shape index (κ1) is 28.5. The third-order valence-corrected chi connectivity index (χ3v) is 6.82. The molecule has 0 heterocycles. The van der Waals surface area contributed by atoms with Gasteiger partial charge in [0.1, 0.15) is 11.8 Å². The molecule has 0 aromatic heterocycles. The minimum absolute atomic E-state index is 0.0837. The second kappa shape index (κ2) is 13.3. The van der Waals surface area contributed by atoms with Crippen molar-refractivity contribution in [1.29, 1.82) is 0 Å². The van der Waals surface area contributed by atoms with E-state index in [0.717, 1.165) is 11.8 Å². The van der Waals surface area contributed by atoms with Gasteiger partial charge in [-0.05, 0) is 69.2 Å². The molecule has 0 spiro atoms. The fraction of sp³-hybridized carbons (Fsp3) is 0.440. The highest BCUT2D eigenvalue weighted by molar-refractivity contribution is 7.92. The number of rotatable bonds is 13. The number of hydrogen-bond acceptors (Lipinski definition) is 5. The van der Waals surface area contributed by atoms with E-state index in [9.17, 15) is 18.0 Å². The molecule has 0 aliphatic carbocycles. The van der Waals surface area contributed by atoms with Crippen LogP contribution in [0.2, 0.25) is 5.02 Å². The van der Waals surface area contributed by atoms with E-state index >= 15 is 0 Å². The van der Waals surface area contributed by atoms with E-state index in [4.69, 9.17) is 16.3 Å². The first-order valence-electron chi connectivity index (χ1n) is 11.6. The summed E-state index contributed by atoms with van der Waals surface area (Å²) in [5, 5.41) is 3.34. The molecule has 1 N–H and O–H groups in total. The van der Waals surface area contributed by atoms with Crippen molar-refractivity contribution in [2.45, 2.75) is 46.2 Å². The number of anilines is 1. The summed E-state index contributed by atoms with van der Waals surface area (Å²) in [4.78, 5) is 27.2. The van der Waals surface area contributed by atoms with Crippen LogP contribution in [0.15, 0.2) is 48.5 Å². The van der Waals surface area contributed by atoms with E-state index in [1.165, 1.54) is 9.21 Å². The van der Waals surface area contributed by atoms with Gasteiger partial charge in [0.2, 0.25) is 21.8 Å². The van der Waals surface area contributed by atoms with Crippen LogP contribution in [0, 0.1) is 0 Å². The highest BCUT2D eigenvalue weighted by atomic mass is 35.5. The lowest BCUT2D eigenvalue weighted by Crippen LogP contribution is -2.47. The molecule has 192 valence electrons. The van der Waals surface area contributed by atoms with Crippen LogP contribution in [0.1, 0.15) is 39.2 Å². The third kappa shape index (κ3) is 8.74. The van der Waals surface area contributed by atoms with Crippen molar-refractivity contribution in [3.8, 4) is 5.75 Å². The minimum Gasteiger partial charge on any atom is -0.494 e. The number of likely N-dealkylation sites (N-methyl/N-ethyl adjacent to an activating group) is 1. The summed E-state index contributed by atoms with van der Waals surface area (Å²) >= 11 is 5.97. The zero-order valence-electron chi connectivity index (χ0n) is 20.7. The maximum atomic E-state index is 13.2. The normalized spacial score (nSPS) is 12.0. The van der Waals surface area contributed by atoms with Gasteiger partial charge in [0.05, 0.1) is 18.6 Å². The van der Waals surface area contributed by atoms with Gasteiger partial charge >= 0.3 is 0 Å². The number of hydrogen-bond donors (Lipinski definition) is 1. The molecule has 35 heavy (non-hydrogen) atoms. The van der Waals surface area contributed by atoms with E-state index in [2.05, 4.69) is 5.32 Å². The molecule has 0 aliphatic rings. The zero-order chi connectivity index (χ0) is 26.0. The van der Waals surface area contributed by atoms with Gasteiger partial charge in [0, 0.05) is 31.1 Å². The Morgan fingerprint density at radius 1 is 1.06 bits per heavy atom. The molecule has 2 amide bonds. The van der Waals surface area contributed by atoms with Gasteiger partial charge in [-0.3, -0.25) is 13.9 Å². The number of halogens is 1. The molecule has 0 fully saturated rings. The molecule has 0 aliphatic heterocycles. The zero-order valence-corrected chi connectivity index (χ0v) is 22.2. The lowest BCUT2D eigenvalue weighted by atomic mass is 10.1. The number of nitrogens with one attached hydrogen (secondary N) is 1. The molecule has 8 nitrogen and oxygen atoms in total. The van der Waals surface area contributed by atoms with Gasteiger partial charge in [-0.15, -0.1) is 0 Å². The lowest BCUT2D eigenvalue weighted by Gasteiger charge is -2.29. The number of amides is 2. The van der Waals surface area contributed by atoms with Gasteiger partial charge in [-0.1, -0.05) is 23.7 Å². The van der Waals surface area contributed by atoms with Crippen LogP contribution < -0.4 is 14.4 Å². The van der Waals surface area contributed by atoms with Crippen LogP contribution in [-0.2, 0) is 26.2 Å². The van der Waals surface area contributed by atoms with E-state index in [0.29, 0.717) is 36.0 Å². The van der Waals surface area contributed by atoms with E-state index in [1.807, 2.05) is 26.0 Å². The number of benzene rings is 2. The second-order valence-electron chi connectivity index (χ2n) is 8.08. The standard InChI is InChI=1S/C25H34ClN3O5S/c1-5-27-25(31)19(3)28(18-20-9-11-21(26)12-10-20)24(30)8-7-17-29(35(4,32)33)22-13-15-23(16-14-22)34-6-2/h9-16,19H,5-8,17-18H2,1-4H3,(H,27,31)/t19-/m0/s1. The Labute approximate surface area is 213 Å². The summed E-state index contributed by atoms with van der Waals surface area (Å²) in [6, 6.07) is 13.2. The van der Waals surface area contributed by atoms with Crippen LogP contribution in [0.25, 0.3) is 0 Å². The molecule has 2 aromatic rings. The Balaban J connectivity index is 2.13. The predicted octanol–water partition coefficient (Wildman–Crippen LogP) is 3.84. The number of sulfonamides is 1. The van der Waals surface area contributed by atoms with E-state index in [1.54, 1.807) is 43.3 Å². The summed E-state index contributed by atoms with van der Waals surface area (Å²) in [6.07, 6.45) is 1.51. The van der Waals surface area contributed by atoms with Crippen LogP contribution in [0.3, 0.4) is 0 Å². The Hall–Kier alpha value is -2.78. The average Bonchev–Trinajstić information content (AvgIpc) is 2.81. The fourth-order valence-corrected chi connectivity index (χ4v) is 4.66. The number of carbonyl (C=O) groups is 2. The van der Waals surface area contributed by atoms with Crippen molar-refractivity contribution >= 4 is 39.1 Å². The van der Waals surface area contributed by atoms with Gasteiger partial charge < -0.3 is 15.0 Å². The SMILES string of the molecule is CCNC(=O)[C@H](C)N(Cc1ccc(Cl)cc1)C(=O)CCCN(c1ccc(OCC)cc1)S(C)(=O)=O. The number of ether oxygens (including phenoxy) is 1. The second-order valence-corrected chi connectivity index (χ2v) is 10.4. The predicted molar refractivity (Wildman–Crippen MR) is 139 cm³/mol. The summed E-state index contributed by atoms with van der Waals surface area (Å²) in [6.45, 7) is 6.71. The minimum atomic E-state index is -3.56. The Morgan fingerprint density at radius 2 is 1.69 bits per heavy atom. The average molecular weight is 524 g/mol. The summed E-state index contributed by atoms with van der Waals surface area (Å²) in [7, 11) is -3.56. The van der Waals surface area contributed by atoms with Gasteiger partial charge in [0.15, 0.2) is 0 Å². The van der Waals surface area contributed by atoms with Crippen molar-refractivity contribution in [3.63, 3.8) is 0 Å². The quantitative estimate of drug-likeness (QED) is 0.430. The van der Waals surface area contributed by atoms with Crippen molar-refractivity contribution in [2.24, 2.45) is 0 Å². The van der Waals surface area contributed by atoms with Crippen LogP contribution in [0.4, 0.5) is 5.69 Å². The monoisotopic (exact) mass is 523 g/mol. The highest BCUT2D eigenvalue weighted by Gasteiger charge is 2.26. The van der Waals surface area contributed by atoms with E-state index < -0.39 is 16.1 Å². The molecule has 1 atom stereocenters. The molecule has 0 saturated carbocycles. The molecular formula is C25H34ClN3O5S. The number of carbonyl (C=O) groups excluding carboxylic acids is 2. The maximum absolute atomic E-state index is 13.2. The van der Waals surface area contributed by atoms with Crippen molar-refractivity contribution in [1.82, 2.24) is 10.2 Å². The molecule has 2 aromatic carbocycles. The fourth-order valence-electron chi connectivity index (χ4n) is 3.57. The van der Waals surface area contributed by atoms with Crippen molar-refractivity contribution < 1.29 is 22.7 Å². The van der Waals surface area contributed by atoms with Gasteiger partial charge in [-0.25, -0.2) is 8.42 Å². The maximum Gasteiger partial charge on any atom is 0.242 e. The van der Waals surface area contributed by atoms with Crippen LogP contribution >= 0.6 is 11.6 Å². The summed E-state index contributed by atoms with van der Waals surface area (Å²) < 4.78 is 31.5. The Bertz CT molecular complexity index is 1080. The lowest BCUT2D eigenvalue weighted by molar-refractivity contribution is -0.140. The molecule has 2 rings (SSSR count). The molecule has 0 saturated heterocycles. The molecule has 10 heteroatoms.